The van der Waals surface area contributed by atoms with Gasteiger partial charge >= 0.3 is 0 Å². The van der Waals surface area contributed by atoms with Crippen molar-refractivity contribution in [1.82, 2.24) is 4.57 Å². The maximum absolute atomic E-state index is 9.34. The van der Waals surface area contributed by atoms with E-state index in [1.54, 1.807) is 0 Å². The summed E-state index contributed by atoms with van der Waals surface area (Å²) in [5.41, 5.74) is 1.89. The normalized spacial score (nSPS) is 19.8. The minimum Gasteiger partial charge on any atom is -0.490 e. The predicted octanol–water partition coefficient (Wildman–Crippen LogP) is 3.80. The van der Waals surface area contributed by atoms with Crippen LogP contribution in [0.15, 0.2) is 24.4 Å². The van der Waals surface area contributed by atoms with Gasteiger partial charge in [0.05, 0.1) is 24.3 Å². The van der Waals surface area contributed by atoms with Gasteiger partial charge in [0.15, 0.2) is 0 Å². The van der Waals surface area contributed by atoms with Gasteiger partial charge in [0.2, 0.25) is 0 Å². The van der Waals surface area contributed by atoms with E-state index in [1.165, 1.54) is 19.3 Å². The summed E-state index contributed by atoms with van der Waals surface area (Å²) in [5.74, 6) is 0.905. The molecule has 1 aliphatic carbocycles. The van der Waals surface area contributed by atoms with Crippen molar-refractivity contribution in [1.29, 1.82) is 5.26 Å². The molecule has 1 aromatic heterocycles. The fraction of sp³-hybridized carbons (Fsp3) is 0.500. The highest BCUT2D eigenvalue weighted by molar-refractivity contribution is 5.87. The molecule has 22 heavy (non-hydrogen) atoms. The second-order valence-electron chi connectivity index (χ2n) is 6.26. The van der Waals surface area contributed by atoms with Gasteiger partial charge in [0.1, 0.15) is 17.9 Å². The summed E-state index contributed by atoms with van der Waals surface area (Å²) < 4.78 is 13.8. The van der Waals surface area contributed by atoms with E-state index in [0.717, 1.165) is 48.3 Å². The fourth-order valence-electron chi connectivity index (χ4n) is 3.35. The number of fused-ring (bicyclic) bond motifs is 1. The average Bonchev–Trinajstić information content (AvgIpc) is 2.85. The lowest BCUT2D eigenvalue weighted by Gasteiger charge is -2.28. The molecule has 2 fully saturated rings. The molecule has 4 rings (SSSR count). The highest BCUT2D eigenvalue weighted by atomic mass is 16.5. The number of nitriles is 1. The minimum atomic E-state index is 0.244. The first-order valence-electron chi connectivity index (χ1n) is 8.14. The standard InChI is InChI=1S/C18H20N2O2/c19-11-13-12-20(14-2-1-3-14)18-10-16(4-5-17(13)18)22-15-6-8-21-9-7-15/h4-5,10,12,14-15H,1-3,6-9H2. The van der Waals surface area contributed by atoms with Crippen molar-refractivity contribution in [3.8, 4) is 11.8 Å². The summed E-state index contributed by atoms with van der Waals surface area (Å²) in [6.45, 7) is 1.56. The van der Waals surface area contributed by atoms with Crippen LogP contribution in [0.25, 0.3) is 10.9 Å². The Morgan fingerprint density at radius 3 is 2.68 bits per heavy atom. The van der Waals surface area contributed by atoms with Crippen LogP contribution in [0, 0.1) is 11.3 Å². The van der Waals surface area contributed by atoms with Gasteiger partial charge in [-0.25, -0.2) is 0 Å². The van der Waals surface area contributed by atoms with E-state index < -0.39 is 0 Å². The van der Waals surface area contributed by atoms with Crippen molar-refractivity contribution in [3.05, 3.63) is 30.0 Å². The zero-order valence-electron chi connectivity index (χ0n) is 12.6. The average molecular weight is 296 g/mol. The number of hydrogen-bond donors (Lipinski definition) is 0. The molecule has 0 radical (unpaired) electrons. The molecule has 114 valence electrons. The van der Waals surface area contributed by atoms with Gasteiger partial charge in [0, 0.05) is 36.5 Å². The molecule has 1 saturated heterocycles. The molecule has 0 amide bonds. The quantitative estimate of drug-likeness (QED) is 0.865. The summed E-state index contributed by atoms with van der Waals surface area (Å²) >= 11 is 0. The largest absolute Gasteiger partial charge is 0.490 e. The molecule has 4 nitrogen and oxygen atoms in total. The van der Waals surface area contributed by atoms with Crippen LogP contribution in [0.4, 0.5) is 0 Å². The van der Waals surface area contributed by atoms with E-state index in [0.29, 0.717) is 6.04 Å². The lowest BCUT2D eigenvalue weighted by Crippen LogP contribution is -2.25. The first-order chi connectivity index (χ1) is 10.8. The number of benzene rings is 1. The number of nitrogens with zero attached hydrogens (tertiary/aromatic N) is 2. The minimum absolute atomic E-state index is 0.244. The molecule has 1 aromatic carbocycles. The SMILES string of the molecule is N#Cc1cn(C2CCC2)c2cc(OC3CCOCC3)ccc12. The van der Waals surface area contributed by atoms with E-state index in [9.17, 15) is 5.26 Å². The van der Waals surface area contributed by atoms with Crippen molar-refractivity contribution in [3.63, 3.8) is 0 Å². The van der Waals surface area contributed by atoms with Gasteiger partial charge in [-0.05, 0) is 31.4 Å². The van der Waals surface area contributed by atoms with Crippen molar-refractivity contribution in [2.75, 3.05) is 13.2 Å². The monoisotopic (exact) mass is 296 g/mol. The Bertz CT molecular complexity index is 718. The van der Waals surface area contributed by atoms with E-state index in [1.807, 2.05) is 18.3 Å². The third kappa shape index (κ3) is 2.36. The molecule has 1 aliphatic heterocycles. The molecule has 2 aromatic rings. The van der Waals surface area contributed by atoms with E-state index in [-0.39, 0.29) is 6.10 Å². The first-order valence-corrected chi connectivity index (χ1v) is 8.14. The van der Waals surface area contributed by atoms with Crippen LogP contribution in [0.2, 0.25) is 0 Å². The van der Waals surface area contributed by atoms with Gasteiger partial charge in [0.25, 0.3) is 0 Å². The van der Waals surface area contributed by atoms with Gasteiger partial charge in [-0.2, -0.15) is 5.26 Å². The molecular weight excluding hydrogens is 276 g/mol. The number of hydrogen-bond acceptors (Lipinski definition) is 3. The molecule has 0 bridgehead atoms. The molecule has 0 N–H and O–H groups in total. The predicted molar refractivity (Wildman–Crippen MR) is 84.0 cm³/mol. The lowest BCUT2D eigenvalue weighted by atomic mass is 9.93. The Hall–Kier alpha value is -1.99. The zero-order valence-corrected chi connectivity index (χ0v) is 12.6. The van der Waals surface area contributed by atoms with Crippen LogP contribution < -0.4 is 4.74 Å². The topological polar surface area (TPSA) is 47.2 Å². The Morgan fingerprint density at radius 1 is 1.18 bits per heavy atom. The van der Waals surface area contributed by atoms with Gasteiger partial charge in [-0.3, -0.25) is 0 Å². The summed E-state index contributed by atoms with van der Waals surface area (Å²) in [6, 6.07) is 8.98. The maximum atomic E-state index is 9.34. The van der Waals surface area contributed by atoms with Crippen molar-refractivity contribution < 1.29 is 9.47 Å². The van der Waals surface area contributed by atoms with Crippen LogP contribution >= 0.6 is 0 Å². The Kier molecular flexibility index (Phi) is 3.51. The lowest BCUT2D eigenvalue weighted by molar-refractivity contribution is 0.0256. The molecule has 0 atom stereocenters. The number of rotatable bonds is 3. The molecular formula is C18H20N2O2. The highest BCUT2D eigenvalue weighted by Crippen LogP contribution is 2.37. The summed E-state index contributed by atoms with van der Waals surface area (Å²) in [7, 11) is 0. The van der Waals surface area contributed by atoms with Crippen LogP contribution in [-0.4, -0.2) is 23.9 Å². The summed E-state index contributed by atoms with van der Waals surface area (Å²) in [4.78, 5) is 0. The number of aromatic nitrogens is 1. The smallest absolute Gasteiger partial charge is 0.121 e. The van der Waals surface area contributed by atoms with E-state index in [4.69, 9.17) is 9.47 Å². The zero-order chi connectivity index (χ0) is 14.9. The van der Waals surface area contributed by atoms with Crippen molar-refractivity contribution in [2.45, 2.75) is 44.2 Å². The van der Waals surface area contributed by atoms with Gasteiger partial charge < -0.3 is 14.0 Å². The maximum Gasteiger partial charge on any atom is 0.121 e. The van der Waals surface area contributed by atoms with Crippen LogP contribution in [-0.2, 0) is 4.74 Å². The highest BCUT2D eigenvalue weighted by Gasteiger charge is 2.23. The van der Waals surface area contributed by atoms with E-state index >= 15 is 0 Å². The molecule has 0 unspecified atom stereocenters. The summed E-state index contributed by atoms with van der Waals surface area (Å²) in [5, 5.41) is 10.4. The van der Waals surface area contributed by atoms with Crippen LogP contribution in [0.3, 0.4) is 0 Å². The molecule has 4 heteroatoms. The Labute approximate surface area is 130 Å². The van der Waals surface area contributed by atoms with Crippen molar-refractivity contribution >= 4 is 10.9 Å². The third-order valence-corrected chi connectivity index (χ3v) is 4.87. The first kappa shape index (κ1) is 13.7. The van der Waals surface area contributed by atoms with Crippen molar-refractivity contribution in [2.24, 2.45) is 0 Å². The Morgan fingerprint density at radius 2 is 2.00 bits per heavy atom. The second kappa shape index (κ2) is 5.66. The molecule has 2 heterocycles. The third-order valence-electron chi connectivity index (χ3n) is 4.87. The molecule has 2 aliphatic rings. The number of ether oxygens (including phenoxy) is 2. The Balaban J connectivity index is 1.67. The second-order valence-corrected chi connectivity index (χ2v) is 6.26. The van der Waals surface area contributed by atoms with E-state index in [2.05, 4.69) is 16.7 Å². The van der Waals surface area contributed by atoms with Crippen LogP contribution in [0.1, 0.15) is 43.7 Å². The summed E-state index contributed by atoms with van der Waals surface area (Å²) in [6.07, 6.45) is 7.85. The van der Waals surface area contributed by atoms with Crippen LogP contribution in [0.5, 0.6) is 5.75 Å². The molecule has 1 saturated carbocycles. The molecule has 0 spiro atoms. The fourth-order valence-corrected chi connectivity index (χ4v) is 3.35. The van der Waals surface area contributed by atoms with Gasteiger partial charge in [-0.1, -0.05) is 0 Å². The van der Waals surface area contributed by atoms with Gasteiger partial charge in [-0.15, -0.1) is 0 Å².